The molecule has 1 aliphatic carbocycles. The minimum absolute atomic E-state index is 0.157. The quantitative estimate of drug-likeness (QED) is 0.640. The van der Waals surface area contributed by atoms with Gasteiger partial charge in [-0.05, 0) is 44.0 Å². The Morgan fingerprint density at radius 3 is 2.61 bits per heavy atom. The average Bonchev–Trinajstić information content (AvgIpc) is 3.17. The average molecular weight is 404 g/mol. The Hall–Kier alpha value is -2.55. The molecule has 8 nitrogen and oxygen atoms in total. The van der Waals surface area contributed by atoms with Crippen LogP contribution in [0.25, 0.3) is 11.4 Å². The van der Waals surface area contributed by atoms with Gasteiger partial charge in [-0.25, -0.2) is 9.78 Å². The summed E-state index contributed by atoms with van der Waals surface area (Å²) < 4.78 is 5.14. The molecule has 1 heterocycles. The second kappa shape index (κ2) is 9.59. The van der Waals surface area contributed by atoms with Gasteiger partial charge in [-0.1, -0.05) is 31.0 Å². The summed E-state index contributed by atoms with van der Waals surface area (Å²) in [7, 11) is 1.61. The van der Waals surface area contributed by atoms with E-state index in [1.165, 1.54) is 18.2 Å². The fourth-order valence-electron chi connectivity index (χ4n) is 3.07. The molecule has 150 valence electrons. The number of aromatic amines is 1. The zero-order valence-electron chi connectivity index (χ0n) is 16.0. The number of methoxy groups -OCH3 is 1. The number of aromatic nitrogens is 3. The molecule has 0 radical (unpaired) electrons. The Kier molecular flexibility index (Phi) is 6.91. The maximum absolute atomic E-state index is 12.3. The summed E-state index contributed by atoms with van der Waals surface area (Å²) in [4.78, 5) is 28.7. The molecule has 9 heteroatoms. The summed E-state index contributed by atoms with van der Waals surface area (Å²) in [5.41, 5.74) is 0.865. The number of rotatable bonds is 6. The first-order chi connectivity index (χ1) is 13.5. The van der Waals surface area contributed by atoms with Crippen molar-refractivity contribution in [3.8, 4) is 17.1 Å². The number of amides is 3. The number of nitrogens with one attached hydrogen (secondary N) is 3. The summed E-state index contributed by atoms with van der Waals surface area (Å²) in [5, 5.41) is 12.2. The largest absolute Gasteiger partial charge is 0.497 e. The van der Waals surface area contributed by atoms with Gasteiger partial charge in [0.05, 0.1) is 12.4 Å². The zero-order chi connectivity index (χ0) is 19.9. The van der Waals surface area contributed by atoms with Crippen LogP contribution in [0.4, 0.5) is 4.79 Å². The van der Waals surface area contributed by atoms with E-state index in [0.29, 0.717) is 11.0 Å². The van der Waals surface area contributed by atoms with Gasteiger partial charge in [0.2, 0.25) is 11.1 Å². The Bertz CT molecular complexity index is 802. The van der Waals surface area contributed by atoms with E-state index in [1.807, 2.05) is 24.3 Å². The molecule has 1 unspecified atom stereocenters. The van der Waals surface area contributed by atoms with Crippen LogP contribution >= 0.6 is 11.8 Å². The molecule has 0 aliphatic heterocycles. The predicted octanol–water partition coefficient (Wildman–Crippen LogP) is 3.12. The summed E-state index contributed by atoms with van der Waals surface area (Å²) in [5.74, 6) is 0.997. The number of urea groups is 1. The van der Waals surface area contributed by atoms with E-state index < -0.39 is 11.3 Å². The van der Waals surface area contributed by atoms with Crippen molar-refractivity contribution in [1.82, 2.24) is 25.8 Å². The Balaban J connectivity index is 1.50. The monoisotopic (exact) mass is 403 g/mol. The maximum atomic E-state index is 12.3. The number of H-pyrrole nitrogens is 1. The molecule has 2 aromatic rings. The topological polar surface area (TPSA) is 109 Å². The Morgan fingerprint density at radius 2 is 1.93 bits per heavy atom. The molecule has 1 aromatic carbocycles. The maximum Gasteiger partial charge on any atom is 0.321 e. The molecule has 3 amide bonds. The van der Waals surface area contributed by atoms with Crippen molar-refractivity contribution in [2.45, 2.75) is 55.5 Å². The number of nitrogens with zero attached hydrogens (tertiary/aromatic N) is 2. The lowest BCUT2D eigenvalue weighted by Gasteiger charge is -2.22. The van der Waals surface area contributed by atoms with E-state index >= 15 is 0 Å². The number of ether oxygens (including phenoxy) is 1. The zero-order valence-corrected chi connectivity index (χ0v) is 16.8. The van der Waals surface area contributed by atoms with Crippen molar-refractivity contribution in [2.75, 3.05) is 7.11 Å². The summed E-state index contributed by atoms with van der Waals surface area (Å²) in [6.07, 6.45) is 5.38. The molecule has 1 fully saturated rings. The molecule has 1 atom stereocenters. The smallest absolute Gasteiger partial charge is 0.321 e. The van der Waals surface area contributed by atoms with E-state index in [2.05, 4.69) is 25.8 Å². The molecule has 3 N–H and O–H groups in total. The van der Waals surface area contributed by atoms with Crippen LogP contribution in [0.1, 0.15) is 39.0 Å². The van der Waals surface area contributed by atoms with Gasteiger partial charge in [0, 0.05) is 11.6 Å². The van der Waals surface area contributed by atoms with Gasteiger partial charge >= 0.3 is 6.03 Å². The van der Waals surface area contributed by atoms with Crippen molar-refractivity contribution in [2.24, 2.45) is 0 Å². The van der Waals surface area contributed by atoms with Crippen LogP contribution in [0.2, 0.25) is 0 Å². The van der Waals surface area contributed by atoms with Gasteiger partial charge in [0.1, 0.15) is 5.75 Å². The molecular weight excluding hydrogens is 378 g/mol. The van der Waals surface area contributed by atoms with Crippen molar-refractivity contribution >= 4 is 23.7 Å². The molecular formula is C19H25N5O3S. The fraction of sp³-hybridized carbons (Fsp3) is 0.474. The van der Waals surface area contributed by atoms with E-state index in [1.54, 1.807) is 14.0 Å². The van der Waals surface area contributed by atoms with Crippen LogP contribution in [0.3, 0.4) is 0 Å². The van der Waals surface area contributed by atoms with Crippen LogP contribution < -0.4 is 15.4 Å². The van der Waals surface area contributed by atoms with Crippen molar-refractivity contribution in [3.63, 3.8) is 0 Å². The first-order valence-corrected chi connectivity index (χ1v) is 10.3. The van der Waals surface area contributed by atoms with Gasteiger partial charge in [0.25, 0.3) is 0 Å². The Morgan fingerprint density at radius 1 is 1.21 bits per heavy atom. The summed E-state index contributed by atoms with van der Waals surface area (Å²) >= 11 is 1.19. The van der Waals surface area contributed by atoms with Gasteiger partial charge in [-0.2, -0.15) is 0 Å². The van der Waals surface area contributed by atoms with E-state index in [4.69, 9.17) is 4.74 Å². The van der Waals surface area contributed by atoms with Gasteiger partial charge in [0.15, 0.2) is 5.82 Å². The second-order valence-electron chi connectivity index (χ2n) is 6.75. The van der Waals surface area contributed by atoms with Crippen LogP contribution in [-0.2, 0) is 4.79 Å². The normalized spacial score (nSPS) is 15.6. The summed E-state index contributed by atoms with van der Waals surface area (Å²) in [6.45, 7) is 1.72. The number of imide groups is 1. The molecule has 0 spiro atoms. The van der Waals surface area contributed by atoms with Gasteiger partial charge in [-0.15, -0.1) is 5.10 Å². The van der Waals surface area contributed by atoms with E-state index in [-0.39, 0.29) is 11.9 Å². The first kappa shape index (κ1) is 20.2. The highest BCUT2D eigenvalue weighted by molar-refractivity contribution is 8.00. The standard InChI is InChI=1S/C19H25N5O3S/c1-12(17(25)22-18(26)20-14-6-4-3-5-7-14)28-19-21-16(23-24-19)13-8-10-15(27-2)11-9-13/h8-12,14H,3-7H2,1-2H3,(H,21,23,24)(H2,20,22,25,26). The summed E-state index contributed by atoms with van der Waals surface area (Å²) in [6, 6.07) is 7.15. The highest BCUT2D eigenvalue weighted by Gasteiger charge is 2.21. The molecule has 1 aliphatic rings. The number of carbonyl (C=O) groups is 2. The molecule has 1 saturated carbocycles. The van der Waals surface area contributed by atoms with Crippen molar-refractivity contribution in [3.05, 3.63) is 24.3 Å². The SMILES string of the molecule is COc1ccc(-c2nc(SC(C)C(=O)NC(=O)NC3CCCCC3)n[nH]2)cc1. The van der Waals surface area contributed by atoms with E-state index in [0.717, 1.165) is 37.0 Å². The fourth-order valence-corrected chi connectivity index (χ4v) is 3.80. The minimum atomic E-state index is -0.503. The molecule has 0 saturated heterocycles. The highest BCUT2D eigenvalue weighted by atomic mass is 32.2. The lowest BCUT2D eigenvalue weighted by molar-refractivity contribution is -0.119. The molecule has 0 bridgehead atoms. The molecule has 3 rings (SSSR count). The van der Waals surface area contributed by atoms with Crippen molar-refractivity contribution in [1.29, 1.82) is 0 Å². The lowest BCUT2D eigenvalue weighted by atomic mass is 9.96. The van der Waals surface area contributed by atoms with Crippen molar-refractivity contribution < 1.29 is 14.3 Å². The second-order valence-corrected chi connectivity index (χ2v) is 8.06. The van der Waals surface area contributed by atoms with Crippen LogP contribution in [-0.4, -0.2) is 45.5 Å². The third-order valence-electron chi connectivity index (χ3n) is 4.66. The number of hydrogen-bond donors (Lipinski definition) is 3. The number of hydrogen-bond acceptors (Lipinski definition) is 6. The third-order valence-corrected chi connectivity index (χ3v) is 5.62. The van der Waals surface area contributed by atoms with Gasteiger partial charge in [-0.3, -0.25) is 15.2 Å². The highest BCUT2D eigenvalue weighted by Crippen LogP contribution is 2.24. The lowest BCUT2D eigenvalue weighted by Crippen LogP contribution is -2.47. The third kappa shape index (κ3) is 5.48. The van der Waals surface area contributed by atoms with E-state index in [9.17, 15) is 9.59 Å². The number of benzene rings is 1. The van der Waals surface area contributed by atoms with Crippen LogP contribution in [0.15, 0.2) is 29.4 Å². The molecule has 28 heavy (non-hydrogen) atoms. The molecule has 1 aromatic heterocycles. The first-order valence-electron chi connectivity index (χ1n) is 9.40. The van der Waals surface area contributed by atoms with Gasteiger partial charge < -0.3 is 10.1 Å². The minimum Gasteiger partial charge on any atom is -0.497 e. The van der Waals surface area contributed by atoms with Crippen LogP contribution in [0.5, 0.6) is 5.75 Å². The predicted molar refractivity (Wildman–Crippen MR) is 107 cm³/mol. The Labute approximate surface area is 168 Å². The van der Waals surface area contributed by atoms with Crippen LogP contribution in [0, 0.1) is 0 Å². The number of carbonyl (C=O) groups excluding carboxylic acids is 2. The number of thioether (sulfide) groups is 1.